The van der Waals surface area contributed by atoms with Crippen molar-refractivity contribution in [2.75, 3.05) is 73.4 Å². The number of hydrogen-bond acceptors (Lipinski definition) is 16. The second-order valence-corrected chi connectivity index (χ2v) is 13.6. The lowest BCUT2D eigenvalue weighted by molar-refractivity contribution is -0.356. The van der Waals surface area contributed by atoms with E-state index in [1.807, 2.05) is 0 Å². The zero-order chi connectivity index (χ0) is 37.9. The lowest BCUT2D eigenvalue weighted by atomic mass is 9.84. The van der Waals surface area contributed by atoms with Gasteiger partial charge in [-0.1, -0.05) is 12.8 Å². The Morgan fingerprint density at radius 1 is 0.827 bits per heavy atom. The molecule has 304 valence electrons. The van der Waals surface area contributed by atoms with Crippen LogP contribution in [0.25, 0.3) is 0 Å². The molecule has 4 bridgehead atoms. The van der Waals surface area contributed by atoms with Crippen molar-refractivity contribution in [1.29, 1.82) is 0 Å². The fourth-order valence-electron chi connectivity index (χ4n) is 6.75. The number of amides is 2. The number of ether oxygens (including phenoxy) is 6. The average Bonchev–Trinajstić information content (AvgIpc) is 3.14. The molecule has 0 saturated carbocycles. The molecule has 52 heavy (non-hydrogen) atoms. The number of rotatable bonds is 22. The number of methoxy groups -OCH3 is 1. The van der Waals surface area contributed by atoms with E-state index < -0.39 is 79.9 Å². The Morgan fingerprint density at radius 2 is 1.56 bits per heavy atom. The molecule has 11 N–H and O–H groups in total. The molecule has 0 aromatic heterocycles. The van der Waals surface area contributed by atoms with Crippen LogP contribution < -0.4 is 27.0 Å². The Morgan fingerprint density at radius 3 is 2.29 bits per heavy atom. The van der Waals surface area contributed by atoms with Crippen molar-refractivity contribution >= 4 is 11.8 Å². The SMILES string of the molecule is CNC(CCCCNCC1O[C@H]2OC3C(CO)O[C@@H](OCCCCC1[C@H](O)[C@H]2O)[C@H](O)[C@H]3O)C(=O)NC(CCCCN)C(=O)NCCOCCOC. The molecule has 0 aliphatic carbocycles. The highest BCUT2D eigenvalue weighted by atomic mass is 16.7. The highest BCUT2D eigenvalue weighted by Crippen LogP contribution is 2.34. The second kappa shape index (κ2) is 24.7. The third kappa shape index (κ3) is 13.9. The van der Waals surface area contributed by atoms with Gasteiger partial charge in [0.25, 0.3) is 0 Å². The molecule has 18 nitrogen and oxygen atoms in total. The molecule has 6 unspecified atom stereocenters. The first-order valence-corrected chi connectivity index (χ1v) is 18.8. The molecule has 0 radical (unpaired) electrons. The van der Waals surface area contributed by atoms with Gasteiger partial charge in [-0.15, -0.1) is 0 Å². The number of nitrogens with two attached hydrogens (primary N) is 1. The van der Waals surface area contributed by atoms with Crippen LogP contribution in [-0.4, -0.2) is 178 Å². The predicted molar refractivity (Wildman–Crippen MR) is 187 cm³/mol. The largest absolute Gasteiger partial charge is 0.394 e. The smallest absolute Gasteiger partial charge is 0.242 e. The van der Waals surface area contributed by atoms with Gasteiger partial charge in [0.2, 0.25) is 11.8 Å². The van der Waals surface area contributed by atoms with Crippen molar-refractivity contribution in [2.24, 2.45) is 11.7 Å². The summed E-state index contributed by atoms with van der Waals surface area (Å²) in [7, 11) is 3.29. The maximum absolute atomic E-state index is 13.2. The lowest BCUT2D eigenvalue weighted by Gasteiger charge is -2.47. The molecule has 6 aliphatic rings. The summed E-state index contributed by atoms with van der Waals surface area (Å²) in [5.41, 5.74) is 5.64. The Bertz CT molecular complexity index is 1000. The highest BCUT2D eigenvalue weighted by molar-refractivity contribution is 5.89. The van der Waals surface area contributed by atoms with Crippen molar-refractivity contribution in [1.82, 2.24) is 21.3 Å². The summed E-state index contributed by atoms with van der Waals surface area (Å²) in [5.74, 6) is -0.951. The standard InChI is InChI=1S/C34H65N5O13/c1-36-22(32(46)39-23(11-3-6-12-35)31(45)38-14-16-48-18-17-47-2)10-4-7-13-37-19-24-21-9-5-8-15-49-33-29(44)27(42)30(25(20-40)51-33)52-34(50-24)28(43)26(21)41/h21-30,33-34,36-37,40-44H,3-20,35H2,1-2H3,(H,38,45)(H,39,46)/t21?,22?,23?,24?,25?,26-,27+,28+,29+,30?,33+,34-/m0/s1. The van der Waals surface area contributed by atoms with Crippen LogP contribution in [0.2, 0.25) is 0 Å². The maximum atomic E-state index is 13.2. The van der Waals surface area contributed by atoms with Gasteiger partial charge in [0.15, 0.2) is 12.6 Å². The van der Waals surface area contributed by atoms with Crippen molar-refractivity contribution in [2.45, 2.75) is 125 Å². The van der Waals surface area contributed by atoms with Crippen molar-refractivity contribution < 1.29 is 63.5 Å². The van der Waals surface area contributed by atoms with Gasteiger partial charge in [-0.3, -0.25) is 9.59 Å². The minimum absolute atomic E-state index is 0.217. The van der Waals surface area contributed by atoms with E-state index in [1.54, 1.807) is 14.2 Å². The fraction of sp³-hybridized carbons (Fsp3) is 0.941. The number of aliphatic hydroxyl groups excluding tert-OH is 5. The minimum Gasteiger partial charge on any atom is -0.394 e. The van der Waals surface area contributed by atoms with Gasteiger partial charge >= 0.3 is 0 Å². The number of unbranched alkanes of at least 4 members (excludes halogenated alkanes) is 2. The summed E-state index contributed by atoms with van der Waals surface area (Å²) in [6, 6.07) is -1.20. The van der Waals surface area contributed by atoms with E-state index in [0.717, 1.165) is 12.8 Å². The molecular formula is C34H65N5O13. The van der Waals surface area contributed by atoms with E-state index in [9.17, 15) is 35.1 Å². The number of hydrogen-bond donors (Lipinski definition) is 10. The summed E-state index contributed by atoms with van der Waals surface area (Å²) in [4.78, 5) is 26.1. The number of carbonyl (C=O) groups excluding carboxylic acids is 2. The molecule has 0 aromatic carbocycles. The third-order valence-electron chi connectivity index (χ3n) is 9.84. The molecule has 2 amide bonds. The van der Waals surface area contributed by atoms with Crippen LogP contribution in [0.15, 0.2) is 0 Å². The molecule has 0 aromatic rings. The zero-order valence-corrected chi connectivity index (χ0v) is 30.7. The third-order valence-corrected chi connectivity index (χ3v) is 9.84. The fourth-order valence-corrected chi connectivity index (χ4v) is 6.75. The monoisotopic (exact) mass is 751 g/mol. The maximum Gasteiger partial charge on any atom is 0.242 e. The lowest BCUT2D eigenvalue weighted by Crippen LogP contribution is -2.64. The highest BCUT2D eigenvalue weighted by Gasteiger charge is 2.51. The van der Waals surface area contributed by atoms with E-state index in [1.165, 1.54) is 0 Å². The van der Waals surface area contributed by atoms with Crippen molar-refractivity contribution in [3.8, 4) is 0 Å². The van der Waals surface area contributed by atoms with Gasteiger partial charge in [-0.05, 0) is 65.1 Å². The first-order valence-electron chi connectivity index (χ1n) is 18.8. The van der Waals surface area contributed by atoms with Gasteiger partial charge in [-0.2, -0.15) is 0 Å². The first-order chi connectivity index (χ1) is 25.2. The molecule has 6 heterocycles. The first kappa shape index (κ1) is 44.8. The molecule has 18 heteroatoms. The quantitative estimate of drug-likeness (QED) is 0.0489. The average molecular weight is 752 g/mol. The van der Waals surface area contributed by atoms with Crippen LogP contribution in [-0.2, 0) is 38.0 Å². The van der Waals surface area contributed by atoms with Gasteiger partial charge in [0, 0.05) is 32.7 Å². The van der Waals surface area contributed by atoms with Crippen molar-refractivity contribution in [3.63, 3.8) is 0 Å². The second-order valence-electron chi connectivity index (χ2n) is 13.6. The molecule has 6 fully saturated rings. The van der Waals surface area contributed by atoms with Crippen LogP contribution in [0, 0.1) is 5.92 Å². The normalized spacial score (nSPS) is 32.2. The predicted octanol–water partition coefficient (Wildman–Crippen LogP) is -3.19. The van der Waals surface area contributed by atoms with Crippen molar-refractivity contribution in [3.05, 3.63) is 0 Å². The molecule has 12 atom stereocenters. The summed E-state index contributed by atoms with van der Waals surface area (Å²) < 4.78 is 33.7. The summed E-state index contributed by atoms with van der Waals surface area (Å²) >= 11 is 0. The van der Waals surface area contributed by atoms with Crippen LogP contribution >= 0.6 is 0 Å². The van der Waals surface area contributed by atoms with E-state index in [-0.39, 0.29) is 18.4 Å². The molecule has 6 aliphatic heterocycles. The number of aliphatic hydroxyl groups is 5. The Labute approximate surface area is 306 Å². The zero-order valence-electron chi connectivity index (χ0n) is 30.7. The number of nitrogens with one attached hydrogen (secondary N) is 4. The van der Waals surface area contributed by atoms with E-state index >= 15 is 0 Å². The molecular weight excluding hydrogens is 686 g/mol. The van der Waals surface area contributed by atoms with Gasteiger partial charge in [-0.25, -0.2) is 0 Å². The number of carbonyl (C=O) groups is 2. The summed E-state index contributed by atoms with van der Waals surface area (Å²) in [5, 5.41) is 65.5. The molecule has 6 saturated heterocycles. The Balaban J connectivity index is 1.49. The van der Waals surface area contributed by atoms with E-state index in [2.05, 4.69) is 21.3 Å². The number of likely N-dealkylation sites (N-methyl/N-ethyl adjacent to an activating group) is 1. The topological polar surface area (TPSA) is 265 Å². The Hall–Kier alpha value is -1.62. The van der Waals surface area contributed by atoms with Crippen LogP contribution in [0.5, 0.6) is 0 Å². The van der Waals surface area contributed by atoms with Gasteiger partial charge in [0.05, 0.1) is 44.7 Å². The van der Waals surface area contributed by atoms with E-state index in [0.29, 0.717) is 90.9 Å². The molecule has 0 spiro atoms. The summed E-state index contributed by atoms with van der Waals surface area (Å²) in [6.45, 7) is 2.63. The summed E-state index contributed by atoms with van der Waals surface area (Å²) in [6.07, 6.45) is -5.36. The Kier molecular flexibility index (Phi) is 21.3. The van der Waals surface area contributed by atoms with E-state index in [4.69, 9.17) is 34.2 Å². The van der Waals surface area contributed by atoms with Crippen LogP contribution in [0.3, 0.4) is 0 Å². The van der Waals surface area contributed by atoms with Crippen LogP contribution in [0.1, 0.15) is 57.8 Å². The van der Waals surface area contributed by atoms with Gasteiger partial charge < -0.3 is 81.0 Å². The van der Waals surface area contributed by atoms with Gasteiger partial charge in [0.1, 0.15) is 36.6 Å². The van der Waals surface area contributed by atoms with Crippen LogP contribution in [0.4, 0.5) is 0 Å². The molecule has 6 rings (SSSR count). The minimum atomic E-state index is -1.50.